The zero-order valence-corrected chi connectivity index (χ0v) is 18.8. The Morgan fingerprint density at radius 3 is 1.71 bits per heavy atom. The van der Waals surface area contributed by atoms with Crippen LogP contribution >= 0.6 is 0 Å². The fraction of sp³-hybridized carbons (Fsp3) is 0.520. The maximum absolute atomic E-state index is 10.4. The third kappa shape index (κ3) is 6.78. The zero-order chi connectivity index (χ0) is 21.7. The van der Waals surface area contributed by atoms with Gasteiger partial charge in [-0.05, 0) is 65.5 Å². The average molecular weight is 387 g/mol. The summed E-state index contributed by atoms with van der Waals surface area (Å²) < 4.78 is 0. The predicted molar refractivity (Wildman–Crippen MR) is 119 cm³/mol. The van der Waals surface area contributed by atoms with Crippen molar-refractivity contribution in [3.8, 4) is 17.2 Å². The smallest absolute Gasteiger partial charge is 0.123 e. The molecule has 0 fully saturated rings. The van der Waals surface area contributed by atoms with Gasteiger partial charge >= 0.3 is 0 Å². The summed E-state index contributed by atoms with van der Waals surface area (Å²) in [7, 11) is 0. The van der Waals surface area contributed by atoms with Crippen LogP contribution in [0.2, 0.25) is 0 Å². The Kier molecular flexibility index (Phi) is 7.98. The number of rotatable bonds is 3. The number of phenols is 3. The number of phenolic OH excluding ortho intramolecular Hbond substituents is 3. The highest BCUT2D eigenvalue weighted by Gasteiger charge is 2.25. The molecule has 156 valence electrons. The van der Waals surface area contributed by atoms with Crippen LogP contribution in [0.25, 0.3) is 0 Å². The molecule has 3 heteroatoms. The molecule has 2 rings (SSSR count). The molecule has 3 nitrogen and oxygen atoms in total. The van der Waals surface area contributed by atoms with E-state index in [4.69, 9.17) is 5.11 Å². The Morgan fingerprint density at radius 1 is 0.786 bits per heavy atom. The van der Waals surface area contributed by atoms with Gasteiger partial charge in [0.1, 0.15) is 17.2 Å². The third-order valence-corrected chi connectivity index (χ3v) is 4.73. The van der Waals surface area contributed by atoms with Crippen LogP contribution in [-0.2, 0) is 17.3 Å². The van der Waals surface area contributed by atoms with Crippen molar-refractivity contribution in [3.05, 3.63) is 52.6 Å². The Bertz CT molecular complexity index is 742. The monoisotopic (exact) mass is 386 g/mol. The van der Waals surface area contributed by atoms with Gasteiger partial charge in [0.2, 0.25) is 0 Å². The molecule has 0 atom stereocenters. The molecule has 0 aliphatic carbocycles. The van der Waals surface area contributed by atoms with E-state index in [1.54, 1.807) is 6.07 Å². The maximum atomic E-state index is 10.4. The molecule has 2 aromatic rings. The normalized spacial score (nSPS) is 11.7. The third-order valence-electron chi connectivity index (χ3n) is 4.73. The molecule has 0 saturated carbocycles. The van der Waals surface area contributed by atoms with E-state index >= 15 is 0 Å². The van der Waals surface area contributed by atoms with E-state index in [2.05, 4.69) is 67.5 Å². The van der Waals surface area contributed by atoms with Gasteiger partial charge in [-0.3, -0.25) is 0 Å². The van der Waals surface area contributed by atoms with Crippen molar-refractivity contribution in [2.75, 3.05) is 0 Å². The van der Waals surface area contributed by atoms with Gasteiger partial charge in [0.15, 0.2) is 0 Å². The molecule has 0 aliphatic rings. The van der Waals surface area contributed by atoms with Crippen molar-refractivity contribution in [2.24, 2.45) is 0 Å². The van der Waals surface area contributed by atoms with Gasteiger partial charge in [-0.2, -0.15) is 0 Å². The van der Waals surface area contributed by atoms with Crippen LogP contribution in [0.3, 0.4) is 0 Å². The highest BCUT2D eigenvalue weighted by molar-refractivity contribution is 5.49. The molecule has 0 radical (unpaired) electrons. The van der Waals surface area contributed by atoms with Crippen molar-refractivity contribution >= 4 is 0 Å². The molecule has 0 unspecified atom stereocenters. The second kappa shape index (κ2) is 9.36. The molecule has 0 aromatic heterocycles. The first-order valence-electron chi connectivity index (χ1n) is 10.1. The number of hydrogen-bond acceptors (Lipinski definition) is 3. The van der Waals surface area contributed by atoms with E-state index in [0.29, 0.717) is 5.75 Å². The SMILES string of the molecule is CCCCc1cc(O)ccc1O.Cc1cc(C(C)(C)C)c(O)c(C(C)(C)C)c1. The molecule has 0 spiro atoms. The lowest BCUT2D eigenvalue weighted by Crippen LogP contribution is -2.17. The molecule has 0 saturated heterocycles. The summed E-state index contributed by atoms with van der Waals surface area (Å²) in [6.07, 6.45) is 2.96. The van der Waals surface area contributed by atoms with Crippen LogP contribution in [0, 0.1) is 6.92 Å². The fourth-order valence-corrected chi connectivity index (χ4v) is 3.06. The number of aryl methyl sites for hydroxylation is 2. The molecule has 0 amide bonds. The first-order valence-corrected chi connectivity index (χ1v) is 10.1. The van der Waals surface area contributed by atoms with Crippen molar-refractivity contribution in [1.29, 1.82) is 0 Å². The summed E-state index contributed by atoms with van der Waals surface area (Å²) in [5.74, 6) is 0.964. The van der Waals surface area contributed by atoms with Gasteiger partial charge in [-0.15, -0.1) is 0 Å². The molecule has 2 aromatic carbocycles. The Hall–Kier alpha value is -2.16. The van der Waals surface area contributed by atoms with Gasteiger partial charge in [0, 0.05) is 0 Å². The van der Waals surface area contributed by atoms with Crippen molar-refractivity contribution in [2.45, 2.75) is 85.5 Å². The number of benzene rings is 2. The maximum Gasteiger partial charge on any atom is 0.123 e. The van der Waals surface area contributed by atoms with Crippen LogP contribution in [0.15, 0.2) is 30.3 Å². The number of hydrogen-bond donors (Lipinski definition) is 3. The summed E-state index contributed by atoms with van der Waals surface area (Å²) in [5.41, 5.74) is 4.09. The molecular formula is C25H38O3. The lowest BCUT2D eigenvalue weighted by atomic mass is 9.78. The van der Waals surface area contributed by atoms with E-state index in [1.165, 1.54) is 17.7 Å². The van der Waals surface area contributed by atoms with Gasteiger partial charge < -0.3 is 15.3 Å². The van der Waals surface area contributed by atoms with Gasteiger partial charge in [-0.25, -0.2) is 0 Å². The standard InChI is InChI=1S/C15H24O.C10H14O2/c1-10-8-11(14(2,3)4)13(16)12(9-10)15(5,6)7;1-2-3-4-8-7-9(11)5-6-10(8)12/h8-9,16H,1-7H3;5-7,11-12H,2-4H2,1H3. The zero-order valence-electron chi connectivity index (χ0n) is 18.8. The van der Waals surface area contributed by atoms with E-state index in [9.17, 15) is 10.2 Å². The van der Waals surface area contributed by atoms with Crippen molar-refractivity contribution in [1.82, 2.24) is 0 Å². The second-order valence-corrected chi connectivity index (χ2v) is 9.63. The fourth-order valence-electron chi connectivity index (χ4n) is 3.06. The van der Waals surface area contributed by atoms with Gasteiger partial charge in [0.25, 0.3) is 0 Å². The largest absolute Gasteiger partial charge is 0.508 e. The van der Waals surface area contributed by atoms with Crippen LogP contribution in [0.5, 0.6) is 17.2 Å². The van der Waals surface area contributed by atoms with E-state index in [0.717, 1.165) is 36.0 Å². The molecule has 3 N–H and O–H groups in total. The van der Waals surface area contributed by atoms with Crippen LogP contribution < -0.4 is 0 Å². The minimum atomic E-state index is -0.0178. The molecular weight excluding hydrogens is 348 g/mol. The summed E-state index contributed by atoms with van der Waals surface area (Å²) in [5, 5.41) is 28.9. The topological polar surface area (TPSA) is 60.7 Å². The second-order valence-electron chi connectivity index (χ2n) is 9.63. The lowest BCUT2D eigenvalue weighted by molar-refractivity contribution is 0.423. The Balaban J connectivity index is 0.000000292. The first-order chi connectivity index (χ1) is 12.8. The number of aromatic hydroxyl groups is 3. The molecule has 0 aliphatic heterocycles. The van der Waals surface area contributed by atoms with Crippen LogP contribution in [-0.4, -0.2) is 15.3 Å². The summed E-state index contributed by atoms with van der Waals surface area (Å²) in [6.45, 7) is 17.0. The summed E-state index contributed by atoms with van der Waals surface area (Å²) in [4.78, 5) is 0. The van der Waals surface area contributed by atoms with Gasteiger partial charge in [0.05, 0.1) is 0 Å². The first kappa shape index (κ1) is 23.9. The summed E-state index contributed by atoms with van der Waals surface area (Å²) >= 11 is 0. The predicted octanol–water partition coefficient (Wildman–Crippen LogP) is 6.74. The highest BCUT2D eigenvalue weighted by atomic mass is 16.3. The average Bonchev–Trinajstić information content (AvgIpc) is 2.56. The van der Waals surface area contributed by atoms with E-state index in [-0.39, 0.29) is 22.3 Å². The lowest BCUT2D eigenvalue weighted by Gasteiger charge is -2.27. The van der Waals surface area contributed by atoms with E-state index < -0.39 is 0 Å². The van der Waals surface area contributed by atoms with Gasteiger partial charge in [-0.1, -0.05) is 72.6 Å². The Labute approximate surface area is 171 Å². The molecule has 0 bridgehead atoms. The number of unbranched alkanes of at least 4 members (excludes halogenated alkanes) is 1. The van der Waals surface area contributed by atoms with Crippen LogP contribution in [0.4, 0.5) is 0 Å². The van der Waals surface area contributed by atoms with E-state index in [1.807, 2.05) is 0 Å². The summed E-state index contributed by atoms with van der Waals surface area (Å²) in [6, 6.07) is 8.81. The Morgan fingerprint density at radius 2 is 1.29 bits per heavy atom. The quantitative estimate of drug-likeness (QED) is 0.512. The minimum absolute atomic E-state index is 0.0178. The highest BCUT2D eigenvalue weighted by Crippen LogP contribution is 2.39. The van der Waals surface area contributed by atoms with Crippen molar-refractivity contribution in [3.63, 3.8) is 0 Å². The van der Waals surface area contributed by atoms with Crippen LogP contribution in [0.1, 0.15) is 83.6 Å². The van der Waals surface area contributed by atoms with Crippen molar-refractivity contribution < 1.29 is 15.3 Å². The minimum Gasteiger partial charge on any atom is -0.508 e. The molecule has 28 heavy (non-hydrogen) atoms. The molecule has 0 heterocycles.